The maximum Gasteiger partial charge on any atom is 0.117 e. The van der Waals surface area contributed by atoms with E-state index in [1.165, 1.54) is 4.70 Å². The third kappa shape index (κ3) is 1.78. The number of nitrogens with zero attached hydrogens (tertiary/aromatic N) is 1. The van der Waals surface area contributed by atoms with Crippen molar-refractivity contribution >= 4 is 27.6 Å². The lowest BCUT2D eigenvalue weighted by atomic mass is 10.3. The molecule has 2 aromatic rings. The van der Waals surface area contributed by atoms with Crippen molar-refractivity contribution in [3.8, 4) is 0 Å². The standard InChI is InChI=1S/C11H10NS/c1-2-3-8-11-12-9-6-4-5-7-10(9)13-11/h3-8H,1-2H2/b8-3+. The number of allylic oxidation sites excluding steroid dienone is 1. The average Bonchev–Trinajstić information content (AvgIpc) is 2.57. The first-order valence-electron chi connectivity index (χ1n) is 4.21. The first kappa shape index (κ1) is 8.45. The van der Waals surface area contributed by atoms with Crippen molar-refractivity contribution in [1.82, 2.24) is 4.98 Å². The van der Waals surface area contributed by atoms with E-state index in [1.807, 2.05) is 30.4 Å². The third-order valence-electron chi connectivity index (χ3n) is 1.74. The van der Waals surface area contributed by atoms with E-state index in [4.69, 9.17) is 0 Å². The molecule has 0 spiro atoms. The van der Waals surface area contributed by atoms with E-state index in [0.717, 1.165) is 16.9 Å². The zero-order valence-electron chi connectivity index (χ0n) is 7.23. The SMILES string of the molecule is [CH2]C/C=C/c1nc2ccccc2s1. The highest BCUT2D eigenvalue weighted by Crippen LogP contribution is 2.22. The summed E-state index contributed by atoms with van der Waals surface area (Å²) in [5, 5.41) is 1.06. The number of fused-ring (bicyclic) bond motifs is 1. The van der Waals surface area contributed by atoms with Crippen LogP contribution in [0.5, 0.6) is 0 Å². The summed E-state index contributed by atoms with van der Waals surface area (Å²) in [6, 6.07) is 8.17. The van der Waals surface area contributed by atoms with Gasteiger partial charge in [-0.1, -0.05) is 18.2 Å². The summed E-state index contributed by atoms with van der Waals surface area (Å²) in [7, 11) is 0. The Morgan fingerprint density at radius 3 is 3.00 bits per heavy atom. The van der Waals surface area contributed by atoms with Gasteiger partial charge in [-0.25, -0.2) is 4.98 Å². The normalized spacial score (nSPS) is 11.5. The second-order valence-corrected chi connectivity index (χ2v) is 3.77. The van der Waals surface area contributed by atoms with E-state index >= 15 is 0 Å². The molecule has 0 saturated heterocycles. The Morgan fingerprint density at radius 2 is 2.23 bits per heavy atom. The van der Waals surface area contributed by atoms with Gasteiger partial charge < -0.3 is 0 Å². The van der Waals surface area contributed by atoms with Crippen LogP contribution in [0.25, 0.3) is 16.3 Å². The van der Waals surface area contributed by atoms with Crippen LogP contribution in [0, 0.1) is 6.92 Å². The van der Waals surface area contributed by atoms with Crippen molar-refractivity contribution < 1.29 is 0 Å². The summed E-state index contributed by atoms with van der Waals surface area (Å²) in [6.07, 6.45) is 4.87. The predicted molar refractivity (Wildman–Crippen MR) is 58.6 cm³/mol. The Labute approximate surface area is 81.7 Å². The molecule has 2 rings (SSSR count). The van der Waals surface area contributed by atoms with Crippen molar-refractivity contribution in [2.24, 2.45) is 0 Å². The zero-order chi connectivity index (χ0) is 9.10. The molecule has 0 unspecified atom stereocenters. The monoisotopic (exact) mass is 188 g/mol. The van der Waals surface area contributed by atoms with Crippen molar-refractivity contribution in [1.29, 1.82) is 0 Å². The fourth-order valence-electron chi connectivity index (χ4n) is 1.15. The molecule has 0 fully saturated rings. The molecule has 2 heteroatoms. The van der Waals surface area contributed by atoms with Gasteiger partial charge in [-0.05, 0) is 31.6 Å². The van der Waals surface area contributed by atoms with Crippen LogP contribution in [0.4, 0.5) is 0 Å². The summed E-state index contributed by atoms with van der Waals surface area (Å²) >= 11 is 1.71. The predicted octanol–water partition coefficient (Wildman–Crippen LogP) is 3.53. The lowest BCUT2D eigenvalue weighted by Crippen LogP contribution is -1.67. The lowest BCUT2D eigenvalue weighted by Gasteiger charge is -1.80. The minimum atomic E-state index is 0.815. The maximum atomic E-state index is 4.45. The Balaban J connectivity index is 2.44. The molecule has 1 nitrogen and oxygen atoms in total. The van der Waals surface area contributed by atoms with Crippen LogP contribution in [0.2, 0.25) is 0 Å². The minimum absolute atomic E-state index is 0.815. The van der Waals surface area contributed by atoms with E-state index in [1.54, 1.807) is 11.3 Å². The van der Waals surface area contributed by atoms with Crippen LogP contribution >= 0.6 is 11.3 Å². The first-order chi connectivity index (χ1) is 6.40. The van der Waals surface area contributed by atoms with Crippen molar-refractivity contribution in [2.45, 2.75) is 6.42 Å². The Bertz CT molecular complexity index is 395. The van der Waals surface area contributed by atoms with Crippen LogP contribution in [-0.4, -0.2) is 4.98 Å². The molecule has 0 aliphatic carbocycles. The molecule has 0 atom stereocenters. The van der Waals surface area contributed by atoms with Gasteiger partial charge in [0.15, 0.2) is 0 Å². The van der Waals surface area contributed by atoms with Crippen LogP contribution in [0.1, 0.15) is 11.4 Å². The number of hydrogen-bond donors (Lipinski definition) is 0. The highest BCUT2D eigenvalue weighted by Gasteiger charge is 1.97. The number of hydrogen-bond acceptors (Lipinski definition) is 2. The largest absolute Gasteiger partial charge is 0.237 e. The van der Waals surface area contributed by atoms with Gasteiger partial charge in [0, 0.05) is 0 Å². The average molecular weight is 188 g/mol. The fraction of sp³-hybridized carbons (Fsp3) is 0.0909. The first-order valence-corrected chi connectivity index (χ1v) is 5.03. The summed E-state index contributed by atoms with van der Waals surface area (Å²) < 4.78 is 1.24. The van der Waals surface area contributed by atoms with Crippen LogP contribution in [-0.2, 0) is 0 Å². The molecule has 13 heavy (non-hydrogen) atoms. The number of rotatable bonds is 2. The molecule has 0 amide bonds. The molecule has 1 radical (unpaired) electrons. The van der Waals surface area contributed by atoms with Crippen LogP contribution in [0.3, 0.4) is 0 Å². The second kappa shape index (κ2) is 3.71. The minimum Gasteiger partial charge on any atom is -0.237 e. The fourth-order valence-corrected chi connectivity index (χ4v) is 2.04. The molecule has 0 saturated carbocycles. The van der Waals surface area contributed by atoms with E-state index in [0.29, 0.717) is 0 Å². The molecule has 0 aliphatic rings. The van der Waals surface area contributed by atoms with Gasteiger partial charge in [0.05, 0.1) is 10.2 Å². The molecule has 0 N–H and O–H groups in total. The molecule has 1 heterocycles. The number of para-hydroxylation sites is 1. The summed E-state index contributed by atoms with van der Waals surface area (Å²) in [4.78, 5) is 4.45. The van der Waals surface area contributed by atoms with Crippen molar-refractivity contribution in [3.63, 3.8) is 0 Å². The highest BCUT2D eigenvalue weighted by molar-refractivity contribution is 7.19. The summed E-state index contributed by atoms with van der Waals surface area (Å²) in [5.41, 5.74) is 1.08. The molecule has 65 valence electrons. The molecule has 1 aromatic carbocycles. The molecule has 0 bridgehead atoms. The second-order valence-electron chi connectivity index (χ2n) is 2.71. The third-order valence-corrected chi connectivity index (χ3v) is 2.74. The Hall–Kier alpha value is -1.15. The van der Waals surface area contributed by atoms with Crippen molar-refractivity contribution in [3.05, 3.63) is 42.3 Å². The van der Waals surface area contributed by atoms with E-state index in [9.17, 15) is 0 Å². The number of benzene rings is 1. The molecule has 1 aromatic heterocycles. The molecule has 0 aliphatic heterocycles. The van der Waals surface area contributed by atoms with Gasteiger partial charge in [0.25, 0.3) is 0 Å². The molecular formula is C11H10NS. The zero-order valence-corrected chi connectivity index (χ0v) is 8.05. The Morgan fingerprint density at radius 1 is 1.38 bits per heavy atom. The van der Waals surface area contributed by atoms with Gasteiger partial charge in [-0.2, -0.15) is 0 Å². The van der Waals surface area contributed by atoms with Gasteiger partial charge in [-0.3, -0.25) is 0 Å². The summed E-state index contributed by atoms with van der Waals surface area (Å²) in [6.45, 7) is 3.74. The van der Waals surface area contributed by atoms with E-state index < -0.39 is 0 Å². The summed E-state index contributed by atoms with van der Waals surface area (Å²) in [5.74, 6) is 0. The van der Waals surface area contributed by atoms with Crippen molar-refractivity contribution in [2.75, 3.05) is 0 Å². The van der Waals surface area contributed by atoms with Crippen LogP contribution < -0.4 is 0 Å². The quantitative estimate of drug-likeness (QED) is 0.702. The maximum absolute atomic E-state index is 4.45. The Kier molecular flexibility index (Phi) is 2.41. The molecular weight excluding hydrogens is 178 g/mol. The van der Waals surface area contributed by atoms with Gasteiger partial charge >= 0.3 is 0 Å². The number of thiazole rings is 1. The smallest absolute Gasteiger partial charge is 0.117 e. The van der Waals surface area contributed by atoms with Gasteiger partial charge in [-0.15, -0.1) is 11.3 Å². The van der Waals surface area contributed by atoms with Crippen LogP contribution in [0.15, 0.2) is 30.3 Å². The van der Waals surface area contributed by atoms with Gasteiger partial charge in [0.1, 0.15) is 5.01 Å². The lowest BCUT2D eigenvalue weighted by molar-refractivity contribution is 1.40. The highest BCUT2D eigenvalue weighted by atomic mass is 32.1. The topological polar surface area (TPSA) is 12.9 Å². The number of aromatic nitrogens is 1. The van der Waals surface area contributed by atoms with Gasteiger partial charge in [0.2, 0.25) is 0 Å². The van der Waals surface area contributed by atoms with E-state index in [2.05, 4.69) is 18.0 Å². The van der Waals surface area contributed by atoms with E-state index in [-0.39, 0.29) is 0 Å².